The number of fused-ring (bicyclic) bond motifs is 3. The van der Waals surface area contributed by atoms with Crippen LogP contribution in [0.1, 0.15) is 35.4 Å². The van der Waals surface area contributed by atoms with Crippen molar-refractivity contribution in [2.45, 2.75) is 18.7 Å². The first-order valence-electron chi connectivity index (χ1n) is 9.77. The summed E-state index contributed by atoms with van der Waals surface area (Å²) in [6.07, 6.45) is 0.376. The number of methoxy groups -OCH3 is 2. The highest BCUT2D eigenvalue weighted by molar-refractivity contribution is 6.30. The predicted octanol–water partition coefficient (Wildman–Crippen LogP) is 5.60. The lowest BCUT2D eigenvalue weighted by atomic mass is 9.95. The van der Waals surface area contributed by atoms with E-state index in [0.29, 0.717) is 5.02 Å². The van der Waals surface area contributed by atoms with Gasteiger partial charge in [0.2, 0.25) is 6.23 Å². The van der Waals surface area contributed by atoms with E-state index in [1.165, 1.54) is 0 Å². The molecule has 2 aliphatic rings. The van der Waals surface area contributed by atoms with Crippen molar-refractivity contribution in [3.63, 3.8) is 0 Å². The van der Waals surface area contributed by atoms with E-state index in [0.717, 1.165) is 46.1 Å². The van der Waals surface area contributed by atoms with Crippen LogP contribution in [-0.4, -0.2) is 24.9 Å². The molecule has 30 heavy (non-hydrogen) atoms. The van der Waals surface area contributed by atoms with E-state index in [-0.39, 0.29) is 6.04 Å². The fraction of sp³-hybridized carbons (Fsp3) is 0.208. The van der Waals surface area contributed by atoms with Gasteiger partial charge in [-0.1, -0.05) is 35.9 Å². The summed E-state index contributed by atoms with van der Waals surface area (Å²) in [5.41, 5.74) is 4.09. The Morgan fingerprint density at radius 1 is 1.00 bits per heavy atom. The summed E-state index contributed by atoms with van der Waals surface area (Å²) < 4.78 is 17.3. The zero-order chi connectivity index (χ0) is 20.7. The van der Waals surface area contributed by atoms with E-state index in [1.54, 1.807) is 14.2 Å². The molecule has 0 saturated heterocycles. The molecule has 0 aliphatic carbocycles. The number of para-hydroxylation sites is 1. The Balaban J connectivity index is 1.60. The minimum atomic E-state index is -0.395. The molecule has 3 aromatic carbocycles. The maximum Gasteiger partial charge on any atom is 0.214 e. The first-order chi connectivity index (χ1) is 14.7. The SMILES string of the molecule is COc1ccc(C2=NN3[C@@H](c4cccc(Cl)c4)Oc4c(OC)cccc4[C@@H]3C2)cc1. The van der Waals surface area contributed by atoms with Gasteiger partial charge in [-0.05, 0) is 48.0 Å². The van der Waals surface area contributed by atoms with Gasteiger partial charge in [0.1, 0.15) is 5.75 Å². The molecule has 0 radical (unpaired) electrons. The largest absolute Gasteiger partial charge is 0.497 e. The Kier molecular flexibility index (Phi) is 4.75. The molecular weight excluding hydrogens is 400 g/mol. The number of halogens is 1. The summed E-state index contributed by atoms with van der Waals surface area (Å²) in [6.45, 7) is 0. The van der Waals surface area contributed by atoms with Crippen LogP contribution in [0.2, 0.25) is 5.02 Å². The van der Waals surface area contributed by atoms with Crippen LogP contribution >= 0.6 is 11.6 Å². The van der Waals surface area contributed by atoms with Gasteiger partial charge in [-0.3, -0.25) is 0 Å². The average molecular weight is 421 g/mol. The molecule has 0 bridgehead atoms. The predicted molar refractivity (Wildman–Crippen MR) is 117 cm³/mol. The van der Waals surface area contributed by atoms with Crippen molar-refractivity contribution in [3.05, 3.63) is 88.4 Å². The minimum absolute atomic E-state index is 0.0462. The van der Waals surface area contributed by atoms with Crippen molar-refractivity contribution >= 4 is 17.3 Å². The summed E-state index contributed by atoms with van der Waals surface area (Å²) in [5.74, 6) is 2.31. The molecule has 5 nitrogen and oxygen atoms in total. The van der Waals surface area contributed by atoms with Crippen LogP contribution < -0.4 is 14.2 Å². The standard InChI is InChI=1S/C24H21ClN2O3/c1-28-18-11-9-15(10-12-18)20-14-21-19-7-4-8-22(29-2)23(19)30-24(27(21)26-20)16-5-3-6-17(25)13-16/h3-13,21,24H,14H2,1-2H3/t21-,24+/m0/s1. The summed E-state index contributed by atoms with van der Waals surface area (Å²) in [6, 6.07) is 21.7. The molecule has 0 amide bonds. The molecule has 0 unspecified atom stereocenters. The molecule has 2 heterocycles. The number of hydrazone groups is 1. The Bertz CT molecular complexity index is 1110. The molecule has 0 saturated carbocycles. The lowest BCUT2D eigenvalue weighted by Gasteiger charge is -2.38. The van der Waals surface area contributed by atoms with E-state index >= 15 is 0 Å². The van der Waals surface area contributed by atoms with Gasteiger partial charge in [0, 0.05) is 22.6 Å². The van der Waals surface area contributed by atoms with Crippen molar-refractivity contribution in [2.75, 3.05) is 14.2 Å². The first kappa shape index (κ1) is 18.8. The lowest BCUT2D eigenvalue weighted by Crippen LogP contribution is -2.33. The summed E-state index contributed by atoms with van der Waals surface area (Å²) in [7, 11) is 3.33. The summed E-state index contributed by atoms with van der Waals surface area (Å²) in [5, 5.41) is 7.68. The average Bonchev–Trinajstić information content (AvgIpc) is 3.24. The Morgan fingerprint density at radius 2 is 1.80 bits per heavy atom. The fourth-order valence-electron chi connectivity index (χ4n) is 4.08. The molecule has 5 rings (SSSR count). The Hall–Kier alpha value is -3.18. The topological polar surface area (TPSA) is 43.3 Å². The molecule has 0 fully saturated rings. The molecular formula is C24H21ClN2O3. The van der Waals surface area contributed by atoms with Gasteiger partial charge in [0.05, 0.1) is 26.0 Å². The van der Waals surface area contributed by atoms with Crippen LogP contribution in [0.25, 0.3) is 0 Å². The van der Waals surface area contributed by atoms with Crippen molar-refractivity contribution < 1.29 is 14.2 Å². The van der Waals surface area contributed by atoms with Gasteiger partial charge >= 0.3 is 0 Å². The van der Waals surface area contributed by atoms with Crippen LogP contribution in [0.4, 0.5) is 0 Å². The molecule has 6 heteroatoms. The van der Waals surface area contributed by atoms with E-state index in [4.69, 9.17) is 30.9 Å². The third kappa shape index (κ3) is 3.15. The molecule has 3 aromatic rings. The van der Waals surface area contributed by atoms with Crippen molar-refractivity contribution in [3.8, 4) is 17.2 Å². The third-order valence-electron chi connectivity index (χ3n) is 5.56. The monoisotopic (exact) mass is 420 g/mol. The normalized spacial score (nSPS) is 19.4. The molecule has 0 aromatic heterocycles. The van der Waals surface area contributed by atoms with E-state index in [9.17, 15) is 0 Å². The first-order valence-corrected chi connectivity index (χ1v) is 10.1. The molecule has 0 spiro atoms. The molecule has 0 N–H and O–H groups in total. The van der Waals surface area contributed by atoms with Crippen molar-refractivity contribution in [1.29, 1.82) is 0 Å². The van der Waals surface area contributed by atoms with E-state index < -0.39 is 6.23 Å². The number of hydrogen-bond acceptors (Lipinski definition) is 5. The number of rotatable bonds is 4. The van der Waals surface area contributed by atoms with Gasteiger partial charge < -0.3 is 14.2 Å². The zero-order valence-corrected chi connectivity index (χ0v) is 17.5. The number of hydrogen-bond donors (Lipinski definition) is 0. The van der Waals surface area contributed by atoms with E-state index in [1.807, 2.05) is 65.7 Å². The fourth-order valence-corrected chi connectivity index (χ4v) is 4.28. The highest BCUT2D eigenvalue weighted by atomic mass is 35.5. The maximum absolute atomic E-state index is 6.44. The Labute approximate surface area is 180 Å². The van der Waals surface area contributed by atoms with Gasteiger partial charge in [0.15, 0.2) is 11.5 Å². The number of ether oxygens (including phenoxy) is 3. The van der Waals surface area contributed by atoms with Crippen LogP contribution in [0.15, 0.2) is 71.8 Å². The van der Waals surface area contributed by atoms with E-state index in [2.05, 4.69) is 6.07 Å². The Morgan fingerprint density at radius 3 is 2.53 bits per heavy atom. The van der Waals surface area contributed by atoms with Crippen LogP contribution in [-0.2, 0) is 0 Å². The van der Waals surface area contributed by atoms with Crippen molar-refractivity contribution in [1.82, 2.24) is 5.01 Å². The summed E-state index contributed by atoms with van der Waals surface area (Å²) >= 11 is 6.27. The summed E-state index contributed by atoms with van der Waals surface area (Å²) in [4.78, 5) is 0. The smallest absolute Gasteiger partial charge is 0.214 e. The van der Waals surface area contributed by atoms with Crippen LogP contribution in [0.3, 0.4) is 0 Å². The molecule has 152 valence electrons. The maximum atomic E-state index is 6.44. The van der Waals surface area contributed by atoms with Crippen LogP contribution in [0, 0.1) is 0 Å². The molecule has 2 aliphatic heterocycles. The second-order valence-electron chi connectivity index (χ2n) is 7.28. The highest BCUT2D eigenvalue weighted by Crippen LogP contribution is 2.50. The molecule has 2 atom stereocenters. The van der Waals surface area contributed by atoms with Gasteiger partial charge in [0.25, 0.3) is 0 Å². The lowest BCUT2D eigenvalue weighted by molar-refractivity contribution is -0.0208. The minimum Gasteiger partial charge on any atom is -0.497 e. The van der Waals surface area contributed by atoms with Crippen LogP contribution in [0.5, 0.6) is 17.2 Å². The highest BCUT2D eigenvalue weighted by Gasteiger charge is 2.42. The third-order valence-corrected chi connectivity index (χ3v) is 5.79. The number of benzene rings is 3. The number of nitrogens with zero attached hydrogens (tertiary/aromatic N) is 2. The van der Waals surface area contributed by atoms with Gasteiger partial charge in [-0.2, -0.15) is 5.10 Å². The van der Waals surface area contributed by atoms with Gasteiger partial charge in [-0.25, -0.2) is 5.01 Å². The van der Waals surface area contributed by atoms with Gasteiger partial charge in [-0.15, -0.1) is 0 Å². The zero-order valence-electron chi connectivity index (χ0n) is 16.7. The second kappa shape index (κ2) is 7.58. The van der Waals surface area contributed by atoms with Crippen molar-refractivity contribution in [2.24, 2.45) is 5.10 Å². The second-order valence-corrected chi connectivity index (χ2v) is 7.72. The quantitative estimate of drug-likeness (QED) is 0.551.